The van der Waals surface area contributed by atoms with Crippen molar-refractivity contribution < 1.29 is 9.47 Å². The van der Waals surface area contributed by atoms with E-state index < -0.39 is 0 Å². The summed E-state index contributed by atoms with van der Waals surface area (Å²) < 4.78 is 11.8. The lowest BCUT2D eigenvalue weighted by Crippen LogP contribution is -2.45. The van der Waals surface area contributed by atoms with Gasteiger partial charge < -0.3 is 20.5 Å². The van der Waals surface area contributed by atoms with Crippen LogP contribution in [0.2, 0.25) is 0 Å². The van der Waals surface area contributed by atoms with Crippen molar-refractivity contribution in [2.45, 2.75) is 63.9 Å². The van der Waals surface area contributed by atoms with E-state index in [2.05, 4.69) is 31.1 Å². The Kier molecular flexibility index (Phi) is 3.82. The highest BCUT2D eigenvalue weighted by molar-refractivity contribution is 5.78. The Morgan fingerprint density at radius 3 is 2.67 bits per heavy atom. The zero-order valence-corrected chi connectivity index (χ0v) is 11.7. The monoisotopic (exact) mass is 255 g/mol. The van der Waals surface area contributed by atoms with Crippen LogP contribution in [0.1, 0.15) is 46.5 Å². The van der Waals surface area contributed by atoms with Gasteiger partial charge in [0.15, 0.2) is 11.7 Å². The number of nitrogens with two attached hydrogens (primary N) is 1. The van der Waals surface area contributed by atoms with Crippen molar-refractivity contribution in [2.24, 2.45) is 10.7 Å². The SMILES string of the molecule is CC(C)(C)NC(N)=NCC1COC2(CCCC2)O1. The van der Waals surface area contributed by atoms with Crippen molar-refractivity contribution in [2.75, 3.05) is 13.2 Å². The van der Waals surface area contributed by atoms with Crippen LogP contribution in [0.15, 0.2) is 4.99 Å². The average molecular weight is 255 g/mol. The molecule has 5 nitrogen and oxygen atoms in total. The van der Waals surface area contributed by atoms with Crippen molar-refractivity contribution in [1.29, 1.82) is 0 Å². The Morgan fingerprint density at radius 2 is 2.06 bits per heavy atom. The van der Waals surface area contributed by atoms with E-state index in [0.717, 1.165) is 12.8 Å². The second-order valence-corrected chi connectivity index (χ2v) is 6.27. The molecule has 1 spiro atoms. The van der Waals surface area contributed by atoms with E-state index in [1.165, 1.54) is 12.8 Å². The lowest BCUT2D eigenvalue weighted by molar-refractivity contribution is -0.160. The zero-order chi connectivity index (χ0) is 13.2. The Labute approximate surface area is 109 Å². The fraction of sp³-hybridized carbons (Fsp3) is 0.923. The van der Waals surface area contributed by atoms with Gasteiger partial charge in [0.1, 0.15) is 6.10 Å². The molecule has 1 saturated carbocycles. The smallest absolute Gasteiger partial charge is 0.189 e. The molecule has 5 heteroatoms. The number of hydrogen-bond donors (Lipinski definition) is 2. The first-order chi connectivity index (χ1) is 8.39. The molecule has 18 heavy (non-hydrogen) atoms. The number of aliphatic imine (C=N–C) groups is 1. The van der Waals surface area contributed by atoms with Crippen molar-refractivity contribution in [3.8, 4) is 0 Å². The number of guanidine groups is 1. The lowest BCUT2D eigenvalue weighted by atomic mass is 10.1. The Balaban J connectivity index is 1.79. The van der Waals surface area contributed by atoms with E-state index in [4.69, 9.17) is 15.2 Å². The molecule has 2 fully saturated rings. The third kappa shape index (κ3) is 3.59. The predicted octanol–water partition coefficient (Wildman–Crippen LogP) is 1.37. The first-order valence-electron chi connectivity index (χ1n) is 6.78. The molecule has 1 unspecified atom stereocenters. The highest BCUT2D eigenvalue weighted by Gasteiger charge is 2.43. The summed E-state index contributed by atoms with van der Waals surface area (Å²) in [4.78, 5) is 4.32. The van der Waals surface area contributed by atoms with E-state index in [0.29, 0.717) is 19.1 Å². The van der Waals surface area contributed by atoms with Gasteiger partial charge in [-0.15, -0.1) is 0 Å². The first-order valence-corrected chi connectivity index (χ1v) is 6.78. The minimum absolute atomic E-state index is 0.0448. The molecule has 1 heterocycles. The fourth-order valence-electron chi connectivity index (χ4n) is 2.51. The maximum Gasteiger partial charge on any atom is 0.189 e. The topological polar surface area (TPSA) is 68.9 Å². The van der Waals surface area contributed by atoms with Gasteiger partial charge in [0.2, 0.25) is 0 Å². The van der Waals surface area contributed by atoms with E-state index in [-0.39, 0.29) is 17.4 Å². The van der Waals surface area contributed by atoms with Crippen LogP contribution in [0.5, 0.6) is 0 Å². The Bertz CT molecular complexity index is 317. The predicted molar refractivity (Wildman–Crippen MR) is 71.4 cm³/mol. The lowest BCUT2D eigenvalue weighted by Gasteiger charge is -2.22. The van der Waals surface area contributed by atoms with Crippen molar-refractivity contribution >= 4 is 5.96 Å². The summed E-state index contributed by atoms with van der Waals surface area (Å²) in [5.41, 5.74) is 5.76. The van der Waals surface area contributed by atoms with E-state index in [1.54, 1.807) is 0 Å². The largest absolute Gasteiger partial charge is 0.370 e. The second-order valence-electron chi connectivity index (χ2n) is 6.27. The van der Waals surface area contributed by atoms with Crippen molar-refractivity contribution in [1.82, 2.24) is 5.32 Å². The number of hydrogen-bond acceptors (Lipinski definition) is 3. The quantitative estimate of drug-likeness (QED) is 0.577. The number of nitrogens with one attached hydrogen (secondary N) is 1. The van der Waals surface area contributed by atoms with Crippen LogP contribution in [-0.2, 0) is 9.47 Å². The number of nitrogens with zero attached hydrogens (tertiary/aromatic N) is 1. The van der Waals surface area contributed by atoms with Crippen LogP contribution in [0.25, 0.3) is 0 Å². The molecule has 104 valence electrons. The summed E-state index contributed by atoms with van der Waals surface area (Å²) in [6.45, 7) is 7.36. The molecule has 0 aromatic rings. The molecule has 0 radical (unpaired) electrons. The molecule has 2 aliphatic rings. The first kappa shape index (κ1) is 13.6. The molecule has 1 aliphatic carbocycles. The molecule has 0 aromatic heterocycles. The normalized spacial score (nSPS) is 27.9. The zero-order valence-electron chi connectivity index (χ0n) is 11.7. The van der Waals surface area contributed by atoms with Gasteiger partial charge in [0.25, 0.3) is 0 Å². The molecule has 2 rings (SSSR count). The molecule has 1 aliphatic heterocycles. The maximum atomic E-state index is 5.98. The van der Waals surface area contributed by atoms with E-state index in [9.17, 15) is 0 Å². The van der Waals surface area contributed by atoms with Gasteiger partial charge in [-0.3, -0.25) is 4.99 Å². The minimum Gasteiger partial charge on any atom is -0.370 e. The average Bonchev–Trinajstić information content (AvgIpc) is 2.85. The van der Waals surface area contributed by atoms with Crippen LogP contribution in [0.3, 0.4) is 0 Å². The summed E-state index contributed by atoms with van der Waals surface area (Å²) in [5, 5.41) is 3.14. The summed E-state index contributed by atoms with van der Waals surface area (Å²) in [7, 11) is 0. The second kappa shape index (κ2) is 5.05. The van der Waals surface area contributed by atoms with Gasteiger partial charge in [-0.1, -0.05) is 0 Å². The van der Waals surface area contributed by atoms with Crippen LogP contribution in [0, 0.1) is 0 Å². The Hall–Kier alpha value is -0.810. The maximum absolute atomic E-state index is 5.98. The fourth-order valence-corrected chi connectivity index (χ4v) is 2.51. The van der Waals surface area contributed by atoms with Crippen molar-refractivity contribution in [3.05, 3.63) is 0 Å². The standard InChI is InChI=1S/C13H25N3O2/c1-12(2,3)16-11(14)15-8-10-9-17-13(18-10)6-4-5-7-13/h10H,4-9H2,1-3H3,(H3,14,15,16). The molecule has 3 N–H and O–H groups in total. The molecule has 1 atom stereocenters. The van der Waals surface area contributed by atoms with Gasteiger partial charge in [0.05, 0.1) is 13.2 Å². The minimum atomic E-state index is -0.299. The number of rotatable bonds is 2. The number of ether oxygens (including phenoxy) is 2. The highest BCUT2D eigenvalue weighted by Crippen LogP contribution is 2.39. The van der Waals surface area contributed by atoms with Gasteiger partial charge in [-0.2, -0.15) is 0 Å². The van der Waals surface area contributed by atoms with Crippen LogP contribution in [-0.4, -0.2) is 36.5 Å². The van der Waals surface area contributed by atoms with Crippen molar-refractivity contribution in [3.63, 3.8) is 0 Å². The Morgan fingerprint density at radius 1 is 1.39 bits per heavy atom. The molecular formula is C13H25N3O2. The third-order valence-corrected chi connectivity index (χ3v) is 3.25. The van der Waals surface area contributed by atoms with Crippen LogP contribution < -0.4 is 11.1 Å². The molecular weight excluding hydrogens is 230 g/mol. The molecule has 0 amide bonds. The molecule has 0 bridgehead atoms. The third-order valence-electron chi connectivity index (χ3n) is 3.25. The summed E-state index contributed by atoms with van der Waals surface area (Å²) in [5.74, 6) is 0.172. The van der Waals surface area contributed by atoms with E-state index in [1.807, 2.05) is 0 Å². The van der Waals surface area contributed by atoms with Gasteiger partial charge in [-0.05, 0) is 33.6 Å². The highest BCUT2D eigenvalue weighted by atomic mass is 16.7. The van der Waals surface area contributed by atoms with Gasteiger partial charge in [0, 0.05) is 18.4 Å². The van der Waals surface area contributed by atoms with Gasteiger partial charge >= 0.3 is 0 Å². The summed E-state index contributed by atoms with van der Waals surface area (Å²) >= 11 is 0. The van der Waals surface area contributed by atoms with Gasteiger partial charge in [-0.25, -0.2) is 0 Å². The summed E-state index contributed by atoms with van der Waals surface area (Å²) in [6, 6.07) is 0. The molecule has 0 aromatic carbocycles. The van der Waals surface area contributed by atoms with Crippen LogP contribution in [0.4, 0.5) is 0 Å². The van der Waals surface area contributed by atoms with E-state index >= 15 is 0 Å². The molecule has 1 saturated heterocycles. The van der Waals surface area contributed by atoms with Crippen LogP contribution >= 0.6 is 0 Å². The summed E-state index contributed by atoms with van der Waals surface area (Å²) in [6.07, 6.45) is 4.47.